The number of hydrogen-bond acceptors (Lipinski definition) is 4. The van der Waals surface area contributed by atoms with Crippen molar-refractivity contribution in [3.63, 3.8) is 0 Å². The standard InChI is InChI=1S/C7H7NO4.C2H6/c9-4-5-1-2-7(10)6(3-5)8(11)12;1-2/h1-3,9-10H,4H2;1-2H3. The zero-order chi connectivity index (χ0) is 11.1. The van der Waals surface area contributed by atoms with Crippen LogP contribution in [0.1, 0.15) is 19.4 Å². The highest BCUT2D eigenvalue weighted by molar-refractivity contribution is 5.47. The van der Waals surface area contributed by atoms with Gasteiger partial charge in [0.25, 0.3) is 0 Å². The number of phenolic OH excluding ortho intramolecular Hbond substituents is 1. The van der Waals surface area contributed by atoms with Crippen LogP contribution < -0.4 is 0 Å². The van der Waals surface area contributed by atoms with Gasteiger partial charge < -0.3 is 10.2 Å². The van der Waals surface area contributed by atoms with Crippen molar-refractivity contribution in [3.8, 4) is 5.75 Å². The topological polar surface area (TPSA) is 83.6 Å². The Labute approximate surface area is 81.8 Å². The zero-order valence-corrected chi connectivity index (χ0v) is 8.10. The van der Waals surface area contributed by atoms with Gasteiger partial charge in [-0.25, -0.2) is 0 Å². The van der Waals surface area contributed by atoms with E-state index in [0.717, 1.165) is 6.07 Å². The van der Waals surface area contributed by atoms with Crippen molar-refractivity contribution in [1.82, 2.24) is 0 Å². The molecule has 0 aliphatic carbocycles. The van der Waals surface area contributed by atoms with E-state index in [0.29, 0.717) is 5.56 Å². The van der Waals surface area contributed by atoms with E-state index in [1.54, 1.807) is 0 Å². The minimum atomic E-state index is -0.700. The molecule has 5 heteroatoms. The molecular formula is C9H13NO4. The normalized spacial score (nSPS) is 8.79. The number of aromatic hydroxyl groups is 1. The monoisotopic (exact) mass is 199 g/mol. The molecular weight excluding hydrogens is 186 g/mol. The average Bonchev–Trinajstić information content (AvgIpc) is 2.21. The number of nitrogens with zero attached hydrogens (tertiary/aromatic N) is 1. The molecule has 78 valence electrons. The maximum absolute atomic E-state index is 10.3. The molecule has 0 amide bonds. The Kier molecular flexibility index (Phi) is 5.24. The second-order valence-corrected chi connectivity index (χ2v) is 2.24. The predicted octanol–water partition coefficient (Wildman–Crippen LogP) is 1.82. The first-order valence-corrected chi connectivity index (χ1v) is 4.22. The van der Waals surface area contributed by atoms with Gasteiger partial charge in [0, 0.05) is 6.07 Å². The Hall–Kier alpha value is -1.62. The summed E-state index contributed by atoms with van der Waals surface area (Å²) < 4.78 is 0. The minimum absolute atomic E-state index is 0.277. The van der Waals surface area contributed by atoms with E-state index in [1.807, 2.05) is 13.8 Å². The molecule has 0 aromatic heterocycles. The largest absolute Gasteiger partial charge is 0.502 e. The minimum Gasteiger partial charge on any atom is -0.502 e. The summed E-state index contributed by atoms with van der Waals surface area (Å²) in [5.74, 6) is -0.391. The van der Waals surface area contributed by atoms with Crippen LogP contribution in [0.25, 0.3) is 0 Å². The number of aliphatic hydroxyl groups is 1. The molecule has 0 heterocycles. The quantitative estimate of drug-likeness (QED) is 0.562. The maximum Gasteiger partial charge on any atom is 0.311 e. The van der Waals surface area contributed by atoms with Crippen molar-refractivity contribution in [2.75, 3.05) is 0 Å². The van der Waals surface area contributed by atoms with Crippen molar-refractivity contribution in [3.05, 3.63) is 33.9 Å². The number of nitro benzene ring substituents is 1. The molecule has 5 nitrogen and oxygen atoms in total. The molecule has 14 heavy (non-hydrogen) atoms. The van der Waals surface area contributed by atoms with Gasteiger partial charge in [0.15, 0.2) is 5.75 Å². The number of phenols is 1. The van der Waals surface area contributed by atoms with E-state index in [9.17, 15) is 10.1 Å². The molecule has 0 atom stereocenters. The molecule has 0 bridgehead atoms. The van der Waals surface area contributed by atoms with Gasteiger partial charge in [0.05, 0.1) is 11.5 Å². The highest BCUT2D eigenvalue weighted by Crippen LogP contribution is 2.25. The van der Waals surface area contributed by atoms with Crippen LogP contribution in [0.3, 0.4) is 0 Å². The number of hydrogen-bond donors (Lipinski definition) is 2. The number of rotatable bonds is 2. The third-order valence-corrected chi connectivity index (χ3v) is 1.42. The van der Waals surface area contributed by atoms with Crippen LogP contribution in [0.5, 0.6) is 5.75 Å². The third kappa shape index (κ3) is 3.02. The highest BCUT2D eigenvalue weighted by Gasteiger charge is 2.12. The van der Waals surface area contributed by atoms with E-state index < -0.39 is 10.7 Å². The lowest BCUT2D eigenvalue weighted by Crippen LogP contribution is -1.91. The van der Waals surface area contributed by atoms with Gasteiger partial charge in [-0.15, -0.1) is 0 Å². The molecule has 0 fully saturated rings. The molecule has 0 unspecified atom stereocenters. The zero-order valence-electron chi connectivity index (χ0n) is 8.10. The van der Waals surface area contributed by atoms with Crippen molar-refractivity contribution in [2.45, 2.75) is 20.5 Å². The first-order chi connectivity index (χ1) is 6.65. The first-order valence-electron chi connectivity index (χ1n) is 4.22. The second kappa shape index (κ2) is 5.93. The SMILES string of the molecule is CC.O=[N+]([O-])c1cc(CO)ccc1O. The van der Waals surface area contributed by atoms with E-state index >= 15 is 0 Å². The molecule has 0 saturated carbocycles. The highest BCUT2D eigenvalue weighted by atomic mass is 16.6. The van der Waals surface area contributed by atoms with Crippen LogP contribution in [-0.2, 0) is 6.61 Å². The van der Waals surface area contributed by atoms with Crippen molar-refractivity contribution in [1.29, 1.82) is 0 Å². The van der Waals surface area contributed by atoms with Gasteiger partial charge in [-0.05, 0) is 11.6 Å². The molecule has 1 aromatic rings. The molecule has 0 aliphatic heterocycles. The lowest BCUT2D eigenvalue weighted by atomic mass is 10.2. The molecule has 0 saturated heterocycles. The maximum atomic E-state index is 10.3. The van der Waals surface area contributed by atoms with Crippen molar-refractivity contribution < 1.29 is 15.1 Å². The fourth-order valence-corrected chi connectivity index (χ4v) is 0.814. The van der Waals surface area contributed by atoms with Crippen LogP contribution in [0.4, 0.5) is 5.69 Å². The first kappa shape index (κ1) is 12.4. The lowest BCUT2D eigenvalue weighted by Gasteiger charge is -1.97. The summed E-state index contributed by atoms with van der Waals surface area (Å²) in [6.45, 7) is 3.72. The molecule has 0 aliphatic rings. The summed E-state index contributed by atoms with van der Waals surface area (Å²) in [4.78, 5) is 9.55. The molecule has 1 rings (SSSR count). The summed E-state index contributed by atoms with van der Waals surface area (Å²) in [5, 5.41) is 27.9. The summed E-state index contributed by atoms with van der Waals surface area (Å²) in [6, 6.07) is 3.74. The van der Waals surface area contributed by atoms with E-state index in [-0.39, 0.29) is 12.3 Å². The molecule has 0 spiro atoms. The van der Waals surface area contributed by atoms with E-state index in [1.165, 1.54) is 12.1 Å². The van der Waals surface area contributed by atoms with Crippen LogP contribution in [0, 0.1) is 10.1 Å². The average molecular weight is 199 g/mol. The van der Waals surface area contributed by atoms with Gasteiger partial charge in [0.1, 0.15) is 0 Å². The van der Waals surface area contributed by atoms with Crippen LogP contribution in [-0.4, -0.2) is 15.1 Å². The Morgan fingerprint density at radius 3 is 2.43 bits per heavy atom. The fourth-order valence-electron chi connectivity index (χ4n) is 0.814. The summed E-state index contributed by atoms with van der Waals surface area (Å²) in [7, 11) is 0. The van der Waals surface area contributed by atoms with Gasteiger partial charge in [-0.2, -0.15) is 0 Å². The third-order valence-electron chi connectivity index (χ3n) is 1.42. The Bertz CT molecular complexity index is 312. The lowest BCUT2D eigenvalue weighted by molar-refractivity contribution is -0.385. The van der Waals surface area contributed by atoms with E-state index in [2.05, 4.69) is 0 Å². The summed E-state index contributed by atoms with van der Waals surface area (Å²) >= 11 is 0. The number of aliphatic hydroxyl groups excluding tert-OH is 1. The molecule has 1 aromatic carbocycles. The van der Waals surface area contributed by atoms with Gasteiger partial charge >= 0.3 is 5.69 Å². The van der Waals surface area contributed by atoms with Crippen molar-refractivity contribution >= 4 is 5.69 Å². The number of benzene rings is 1. The molecule has 2 N–H and O–H groups in total. The van der Waals surface area contributed by atoms with Gasteiger partial charge in [0.2, 0.25) is 0 Å². The number of nitro groups is 1. The Balaban J connectivity index is 0.000000791. The van der Waals surface area contributed by atoms with Crippen LogP contribution >= 0.6 is 0 Å². The summed E-state index contributed by atoms with van der Waals surface area (Å²) in [6.07, 6.45) is 0. The van der Waals surface area contributed by atoms with Gasteiger partial charge in [-0.1, -0.05) is 19.9 Å². The Morgan fingerprint density at radius 1 is 1.43 bits per heavy atom. The van der Waals surface area contributed by atoms with Crippen LogP contribution in [0.2, 0.25) is 0 Å². The summed E-state index contributed by atoms with van der Waals surface area (Å²) in [5.41, 5.74) is 0.0149. The Morgan fingerprint density at radius 2 is 2.00 bits per heavy atom. The predicted molar refractivity (Wildman–Crippen MR) is 52.0 cm³/mol. The fraction of sp³-hybridized carbons (Fsp3) is 0.333. The molecule has 0 radical (unpaired) electrons. The smallest absolute Gasteiger partial charge is 0.311 e. The van der Waals surface area contributed by atoms with Gasteiger partial charge in [-0.3, -0.25) is 10.1 Å². The second-order valence-electron chi connectivity index (χ2n) is 2.24. The van der Waals surface area contributed by atoms with E-state index in [4.69, 9.17) is 10.2 Å². The van der Waals surface area contributed by atoms with Crippen LogP contribution in [0.15, 0.2) is 18.2 Å². The van der Waals surface area contributed by atoms with Crippen molar-refractivity contribution in [2.24, 2.45) is 0 Å².